The van der Waals surface area contributed by atoms with Crippen molar-refractivity contribution in [1.29, 1.82) is 0 Å². The van der Waals surface area contributed by atoms with Gasteiger partial charge in [-0.25, -0.2) is 4.52 Å². The van der Waals surface area contributed by atoms with Crippen LogP contribution in [0.1, 0.15) is 16.8 Å². The molecule has 0 spiro atoms. The molecular formula is C26H21ClN3O4P. The predicted octanol–water partition coefficient (Wildman–Crippen LogP) is 5.50. The summed E-state index contributed by atoms with van der Waals surface area (Å²) in [6.07, 6.45) is 0.539. The van der Waals surface area contributed by atoms with Crippen molar-refractivity contribution in [2.24, 2.45) is 0 Å². The van der Waals surface area contributed by atoms with Gasteiger partial charge in [0.2, 0.25) is 0 Å². The quantitative estimate of drug-likeness (QED) is 0.265. The normalized spacial score (nSPS) is 11.3. The highest BCUT2D eigenvalue weighted by Crippen LogP contribution is 2.39. The van der Waals surface area contributed by atoms with E-state index in [4.69, 9.17) is 21.2 Å². The summed E-state index contributed by atoms with van der Waals surface area (Å²) in [6, 6.07) is 24.1. The Kier molecular flexibility index (Phi) is 6.41. The molecule has 176 valence electrons. The molecule has 0 saturated carbocycles. The summed E-state index contributed by atoms with van der Waals surface area (Å²) in [5.74, 6) is 0.251. The van der Waals surface area contributed by atoms with Crippen LogP contribution in [0.15, 0.2) is 83.7 Å². The number of hydrogen-bond donors (Lipinski definition) is 3. The van der Waals surface area contributed by atoms with Gasteiger partial charge in [-0.2, -0.15) is 5.10 Å². The Labute approximate surface area is 207 Å². The van der Waals surface area contributed by atoms with Crippen molar-refractivity contribution in [1.82, 2.24) is 14.6 Å². The minimum absolute atomic E-state index is 0.251. The number of nitrogens with one attached hydrogen (secondary N) is 1. The van der Waals surface area contributed by atoms with Crippen molar-refractivity contribution in [2.75, 3.05) is 0 Å². The molecule has 0 aliphatic heterocycles. The highest BCUT2D eigenvalue weighted by Gasteiger charge is 2.21. The SMILES string of the molecule is Cc1ccc(-c2cc(=O)[nH]c3c(-c4ccc(Cl)cc4)c(Cc4ccccc4)nn23)c(OP(O)O)c1. The molecular weight excluding hydrogens is 485 g/mol. The molecule has 5 rings (SSSR count). The van der Waals surface area contributed by atoms with Gasteiger partial charge in [0.1, 0.15) is 11.4 Å². The van der Waals surface area contributed by atoms with E-state index < -0.39 is 8.60 Å². The van der Waals surface area contributed by atoms with Crippen molar-refractivity contribution < 1.29 is 14.3 Å². The van der Waals surface area contributed by atoms with Gasteiger partial charge in [-0.15, -0.1) is 0 Å². The average Bonchev–Trinajstić information content (AvgIpc) is 3.17. The van der Waals surface area contributed by atoms with Gasteiger partial charge in [0.25, 0.3) is 5.56 Å². The second kappa shape index (κ2) is 9.64. The smallest absolute Gasteiger partial charge is 0.391 e. The fourth-order valence-corrected chi connectivity index (χ4v) is 4.57. The third-order valence-electron chi connectivity index (χ3n) is 5.64. The zero-order valence-electron chi connectivity index (χ0n) is 18.6. The molecule has 0 aliphatic carbocycles. The summed E-state index contributed by atoms with van der Waals surface area (Å²) < 4.78 is 6.97. The van der Waals surface area contributed by atoms with Crippen molar-refractivity contribution in [3.05, 3.63) is 111 Å². The second-order valence-corrected chi connectivity index (χ2v) is 9.24. The fraction of sp³-hybridized carbons (Fsp3) is 0.0769. The van der Waals surface area contributed by atoms with E-state index in [-0.39, 0.29) is 11.3 Å². The lowest BCUT2D eigenvalue weighted by Gasteiger charge is -2.13. The number of fused-ring (bicyclic) bond motifs is 1. The lowest BCUT2D eigenvalue weighted by atomic mass is 10.0. The van der Waals surface area contributed by atoms with Crippen LogP contribution in [-0.2, 0) is 6.42 Å². The first-order chi connectivity index (χ1) is 16.9. The minimum Gasteiger partial charge on any atom is -0.426 e. The molecule has 3 N–H and O–H groups in total. The highest BCUT2D eigenvalue weighted by molar-refractivity contribution is 7.39. The van der Waals surface area contributed by atoms with Gasteiger partial charge >= 0.3 is 8.60 Å². The molecule has 35 heavy (non-hydrogen) atoms. The first-order valence-electron chi connectivity index (χ1n) is 10.8. The Balaban J connectivity index is 1.79. The first-order valence-corrected chi connectivity index (χ1v) is 12.3. The van der Waals surface area contributed by atoms with Crippen molar-refractivity contribution in [3.63, 3.8) is 0 Å². The van der Waals surface area contributed by atoms with Crippen LogP contribution < -0.4 is 10.1 Å². The molecule has 0 fully saturated rings. The summed E-state index contributed by atoms with van der Waals surface area (Å²) in [7, 11) is -2.65. The van der Waals surface area contributed by atoms with E-state index in [2.05, 4.69) is 4.98 Å². The molecule has 0 unspecified atom stereocenters. The van der Waals surface area contributed by atoms with E-state index in [0.717, 1.165) is 27.9 Å². The number of benzene rings is 3. The Morgan fingerprint density at radius 2 is 1.77 bits per heavy atom. The Morgan fingerprint density at radius 3 is 2.49 bits per heavy atom. The van der Waals surface area contributed by atoms with Gasteiger partial charge in [0.15, 0.2) is 0 Å². The van der Waals surface area contributed by atoms with Crippen molar-refractivity contribution in [2.45, 2.75) is 13.3 Å². The Morgan fingerprint density at radius 1 is 1.03 bits per heavy atom. The number of hydrogen-bond acceptors (Lipinski definition) is 5. The molecule has 2 aromatic heterocycles. The Bertz CT molecular complexity index is 1560. The maximum Gasteiger partial charge on any atom is 0.391 e. The van der Waals surface area contributed by atoms with Gasteiger partial charge in [-0.3, -0.25) is 4.79 Å². The number of halogens is 1. The summed E-state index contributed by atoms with van der Waals surface area (Å²) in [4.78, 5) is 34.8. The highest BCUT2D eigenvalue weighted by atomic mass is 35.5. The molecule has 7 nitrogen and oxygen atoms in total. The lowest BCUT2D eigenvalue weighted by molar-refractivity contribution is 0.375. The van der Waals surface area contributed by atoms with Gasteiger partial charge in [0.05, 0.1) is 11.4 Å². The van der Waals surface area contributed by atoms with Crippen LogP contribution in [0.25, 0.3) is 28.0 Å². The minimum atomic E-state index is -2.65. The van der Waals surface area contributed by atoms with Gasteiger partial charge in [-0.1, -0.05) is 60.1 Å². The molecule has 0 radical (unpaired) electrons. The number of aromatic nitrogens is 3. The fourth-order valence-electron chi connectivity index (χ4n) is 4.12. The molecule has 0 saturated heterocycles. The predicted molar refractivity (Wildman–Crippen MR) is 138 cm³/mol. The van der Waals surface area contributed by atoms with Gasteiger partial charge < -0.3 is 19.3 Å². The average molecular weight is 506 g/mol. The van der Waals surface area contributed by atoms with E-state index in [1.54, 1.807) is 28.8 Å². The number of rotatable bonds is 6. The zero-order valence-corrected chi connectivity index (χ0v) is 20.3. The first kappa shape index (κ1) is 23.3. The van der Waals surface area contributed by atoms with Crippen LogP contribution >= 0.6 is 20.2 Å². The molecule has 0 aliphatic rings. The molecule has 5 aromatic rings. The van der Waals surface area contributed by atoms with E-state index in [9.17, 15) is 14.6 Å². The molecule has 9 heteroatoms. The van der Waals surface area contributed by atoms with E-state index >= 15 is 0 Å². The number of H-pyrrole nitrogens is 1. The summed E-state index contributed by atoms with van der Waals surface area (Å²) >= 11 is 6.13. The Hall–Kier alpha value is -3.48. The van der Waals surface area contributed by atoms with Crippen LogP contribution in [-0.4, -0.2) is 24.4 Å². The van der Waals surface area contributed by atoms with Crippen molar-refractivity contribution in [3.8, 4) is 28.1 Å². The number of aromatic amines is 1. The lowest BCUT2D eigenvalue weighted by Crippen LogP contribution is -2.10. The van der Waals surface area contributed by atoms with Crippen LogP contribution in [0.4, 0.5) is 0 Å². The third-order valence-corrected chi connectivity index (χ3v) is 6.25. The molecule has 0 bridgehead atoms. The summed E-state index contributed by atoms with van der Waals surface area (Å²) in [6.45, 7) is 1.87. The van der Waals surface area contributed by atoms with E-state index in [1.165, 1.54) is 6.07 Å². The van der Waals surface area contributed by atoms with Gasteiger partial charge in [-0.05, 0) is 47.9 Å². The number of nitrogens with zero attached hydrogens (tertiary/aromatic N) is 2. The maximum atomic E-state index is 12.8. The zero-order chi connectivity index (χ0) is 24.5. The summed E-state index contributed by atoms with van der Waals surface area (Å²) in [5.41, 5.74) is 5.52. The molecule has 2 heterocycles. The molecule has 3 aromatic carbocycles. The van der Waals surface area contributed by atoms with Crippen LogP contribution in [0.2, 0.25) is 5.02 Å². The van der Waals surface area contributed by atoms with Crippen LogP contribution in [0.5, 0.6) is 5.75 Å². The monoisotopic (exact) mass is 505 g/mol. The molecule has 0 amide bonds. The molecule has 0 atom stereocenters. The van der Waals surface area contributed by atoms with E-state index in [1.807, 2.05) is 55.5 Å². The maximum absolute atomic E-state index is 12.8. The van der Waals surface area contributed by atoms with Gasteiger partial charge in [0, 0.05) is 28.6 Å². The third kappa shape index (κ3) is 4.85. The van der Waals surface area contributed by atoms with Crippen molar-refractivity contribution >= 4 is 25.9 Å². The second-order valence-electron chi connectivity index (χ2n) is 8.11. The largest absolute Gasteiger partial charge is 0.426 e. The van der Waals surface area contributed by atoms with Crippen LogP contribution in [0, 0.1) is 6.92 Å². The standard InChI is InChI=1S/C26H21ClN3O4P/c1-16-7-12-20(23(13-16)34-35(32)33)22-15-24(31)28-26-25(18-8-10-19(27)11-9-18)21(29-30(22)26)14-17-5-3-2-4-6-17/h2-13,15,32-33H,14H2,1H3,(H,28,31). The number of aryl methyl sites for hydroxylation is 1. The summed E-state index contributed by atoms with van der Waals surface area (Å²) in [5, 5.41) is 5.51. The topological polar surface area (TPSA) is 99.9 Å². The van der Waals surface area contributed by atoms with E-state index in [0.29, 0.717) is 28.3 Å². The van der Waals surface area contributed by atoms with Crippen LogP contribution in [0.3, 0.4) is 0 Å².